The Labute approximate surface area is 320 Å². The molecule has 0 unspecified atom stereocenters. The number of hydrogen-bond donors (Lipinski definition) is 5. The van der Waals surface area contributed by atoms with Gasteiger partial charge >= 0.3 is 12.1 Å². The van der Waals surface area contributed by atoms with Crippen LogP contribution in [0.2, 0.25) is 0 Å². The van der Waals surface area contributed by atoms with Gasteiger partial charge in [-0.3, -0.25) is 19.2 Å². The van der Waals surface area contributed by atoms with Crippen molar-refractivity contribution in [2.24, 2.45) is 17.8 Å². The minimum atomic E-state index is -1.12. The van der Waals surface area contributed by atoms with E-state index in [4.69, 9.17) is 9.47 Å². The first-order valence-electron chi connectivity index (χ1n) is 18.7. The van der Waals surface area contributed by atoms with E-state index in [1.165, 1.54) is 7.11 Å². The van der Waals surface area contributed by atoms with Crippen molar-refractivity contribution >= 4 is 35.7 Å². The number of carbonyl (C=O) groups is 6. The summed E-state index contributed by atoms with van der Waals surface area (Å²) in [7, 11) is 1.24. The summed E-state index contributed by atoms with van der Waals surface area (Å²) in [5.41, 5.74) is 0.788. The summed E-state index contributed by atoms with van der Waals surface area (Å²) in [6.45, 7) is 16.3. The van der Waals surface area contributed by atoms with E-state index in [0.717, 1.165) is 11.1 Å². The third kappa shape index (κ3) is 16.4. The van der Waals surface area contributed by atoms with Crippen molar-refractivity contribution in [2.45, 2.75) is 124 Å². The Morgan fingerprint density at radius 2 is 0.963 bits per heavy atom. The van der Waals surface area contributed by atoms with E-state index in [9.17, 15) is 28.8 Å². The van der Waals surface area contributed by atoms with Gasteiger partial charge < -0.3 is 36.1 Å². The van der Waals surface area contributed by atoms with Crippen LogP contribution in [-0.4, -0.2) is 78.6 Å². The lowest BCUT2D eigenvalue weighted by Gasteiger charge is -2.29. The normalized spacial score (nSPS) is 14.2. The van der Waals surface area contributed by atoms with Crippen molar-refractivity contribution in [2.75, 3.05) is 7.11 Å². The second-order valence-corrected chi connectivity index (χ2v) is 15.8. The zero-order valence-corrected chi connectivity index (χ0v) is 33.5. The first-order chi connectivity index (χ1) is 25.3. The molecule has 13 nitrogen and oxygen atoms in total. The maximum atomic E-state index is 14.0. The monoisotopic (exact) mass is 751 g/mol. The number of benzene rings is 2. The zero-order chi connectivity index (χ0) is 40.6. The van der Waals surface area contributed by atoms with E-state index in [0.29, 0.717) is 6.42 Å². The van der Waals surface area contributed by atoms with E-state index < -0.39 is 77.4 Å². The lowest BCUT2D eigenvalue weighted by molar-refractivity contribution is -0.145. The Morgan fingerprint density at radius 1 is 0.556 bits per heavy atom. The first-order valence-corrected chi connectivity index (χ1v) is 18.7. The molecule has 0 fully saturated rings. The molecule has 2 aromatic carbocycles. The Kier molecular flexibility index (Phi) is 18.2. The number of alkyl carbamates (subject to hydrolysis) is 1. The highest BCUT2D eigenvalue weighted by Gasteiger charge is 2.34. The summed E-state index contributed by atoms with van der Waals surface area (Å²) in [5, 5.41) is 13.8. The molecule has 0 aliphatic rings. The Morgan fingerprint density at radius 3 is 1.41 bits per heavy atom. The number of amides is 5. The quantitative estimate of drug-likeness (QED) is 0.132. The minimum Gasteiger partial charge on any atom is -0.467 e. The standard InChI is InChI=1S/C41H61N5O8/c1-25(2)21-30(42-35(47)31(22-26(3)4)45-40(52)54-41(7,8)9)37(49)46-34(27(5)6)38(50)43-32(23-28-17-13-11-14-18-28)36(48)44-33(39(51)53-10)24-29-19-15-12-16-20-29/h11-20,25-27,30-34H,21-24H2,1-10H3,(H,42,47)(H,43,50)(H,44,48)(H,45,52)(H,46,49)/t30-,31-,32+,33-,34-/m0/s1. The fraction of sp³-hybridized carbons (Fsp3) is 0.561. The van der Waals surface area contributed by atoms with E-state index in [2.05, 4.69) is 26.6 Å². The largest absolute Gasteiger partial charge is 0.467 e. The number of ether oxygens (including phenoxy) is 2. The molecular weight excluding hydrogens is 690 g/mol. The molecule has 0 radical (unpaired) electrons. The molecule has 0 aliphatic carbocycles. The van der Waals surface area contributed by atoms with Crippen LogP contribution in [0.25, 0.3) is 0 Å². The third-order valence-corrected chi connectivity index (χ3v) is 8.30. The van der Waals surface area contributed by atoms with E-state index >= 15 is 0 Å². The summed E-state index contributed by atoms with van der Waals surface area (Å²) in [6, 6.07) is 13.0. The first kappa shape index (κ1) is 45.2. The Balaban J connectivity index is 2.32. The van der Waals surface area contributed by atoms with Gasteiger partial charge in [0.25, 0.3) is 0 Å². The second kappa shape index (κ2) is 21.7. The van der Waals surface area contributed by atoms with Crippen LogP contribution in [-0.2, 0) is 46.3 Å². The van der Waals surface area contributed by atoms with Crippen molar-refractivity contribution < 1.29 is 38.2 Å². The lowest BCUT2D eigenvalue weighted by Crippen LogP contribution is -2.60. The molecule has 0 bridgehead atoms. The molecule has 0 saturated carbocycles. The smallest absolute Gasteiger partial charge is 0.408 e. The van der Waals surface area contributed by atoms with Gasteiger partial charge in [-0.25, -0.2) is 9.59 Å². The second-order valence-electron chi connectivity index (χ2n) is 15.8. The minimum absolute atomic E-state index is 0.0210. The van der Waals surface area contributed by atoms with Crippen LogP contribution in [0.3, 0.4) is 0 Å². The zero-order valence-electron chi connectivity index (χ0n) is 33.5. The van der Waals surface area contributed by atoms with Gasteiger partial charge in [-0.1, -0.05) is 102 Å². The molecule has 13 heteroatoms. The molecule has 0 aromatic heterocycles. The van der Waals surface area contributed by atoms with Crippen LogP contribution in [0.4, 0.5) is 4.79 Å². The van der Waals surface area contributed by atoms with E-state index in [-0.39, 0.29) is 31.1 Å². The maximum absolute atomic E-state index is 14.0. The number of hydrogen-bond acceptors (Lipinski definition) is 8. The fourth-order valence-corrected chi connectivity index (χ4v) is 5.70. The van der Waals surface area contributed by atoms with Crippen LogP contribution in [0.1, 0.15) is 86.3 Å². The lowest BCUT2D eigenvalue weighted by atomic mass is 9.98. The molecule has 2 aromatic rings. The van der Waals surface area contributed by atoms with Gasteiger partial charge in [-0.05, 0) is 62.5 Å². The van der Waals surface area contributed by atoms with Crippen LogP contribution >= 0.6 is 0 Å². The van der Waals surface area contributed by atoms with E-state index in [1.807, 2.05) is 88.4 Å². The number of nitrogens with one attached hydrogen (secondary N) is 5. The number of carbonyl (C=O) groups excluding carboxylic acids is 6. The Hall–Kier alpha value is -4.94. The van der Waals surface area contributed by atoms with Crippen LogP contribution in [0.5, 0.6) is 0 Å². The maximum Gasteiger partial charge on any atom is 0.408 e. The molecule has 0 spiro atoms. The SMILES string of the molecule is COC(=O)[C@H](Cc1ccccc1)NC(=O)[C@@H](Cc1ccccc1)NC(=O)[C@@H](NC(=O)[C@H](CC(C)C)NC(=O)[C@H](CC(C)C)NC(=O)OC(C)(C)C)C(C)C. The number of esters is 1. The topological polar surface area (TPSA) is 181 Å². The van der Waals surface area contributed by atoms with Crippen molar-refractivity contribution in [1.82, 2.24) is 26.6 Å². The molecule has 54 heavy (non-hydrogen) atoms. The van der Waals surface area contributed by atoms with Crippen LogP contribution < -0.4 is 26.6 Å². The van der Waals surface area contributed by atoms with Gasteiger partial charge in [0.05, 0.1) is 7.11 Å². The summed E-state index contributed by atoms with van der Waals surface area (Å²) >= 11 is 0. The molecule has 298 valence electrons. The predicted molar refractivity (Wildman–Crippen MR) is 207 cm³/mol. The van der Waals surface area contributed by atoms with Crippen molar-refractivity contribution in [3.05, 3.63) is 71.8 Å². The van der Waals surface area contributed by atoms with Crippen molar-refractivity contribution in [1.29, 1.82) is 0 Å². The van der Waals surface area contributed by atoms with E-state index in [1.54, 1.807) is 34.6 Å². The highest BCUT2D eigenvalue weighted by atomic mass is 16.6. The molecule has 5 N–H and O–H groups in total. The molecule has 5 atom stereocenters. The number of rotatable bonds is 19. The summed E-state index contributed by atoms with van der Waals surface area (Å²) in [6.07, 6.45) is 0.0664. The summed E-state index contributed by atoms with van der Waals surface area (Å²) in [5.74, 6) is -3.43. The Bertz CT molecular complexity index is 1520. The molecule has 0 heterocycles. The van der Waals surface area contributed by atoms with Gasteiger partial charge in [0.2, 0.25) is 23.6 Å². The van der Waals surface area contributed by atoms with Crippen LogP contribution in [0, 0.1) is 17.8 Å². The van der Waals surface area contributed by atoms with Crippen molar-refractivity contribution in [3.8, 4) is 0 Å². The van der Waals surface area contributed by atoms with Gasteiger partial charge in [-0.2, -0.15) is 0 Å². The van der Waals surface area contributed by atoms with Gasteiger partial charge in [0.1, 0.15) is 35.8 Å². The van der Waals surface area contributed by atoms with Crippen molar-refractivity contribution in [3.63, 3.8) is 0 Å². The molecular formula is C41H61N5O8. The molecule has 2 rings (SSSR count). The highest BCUT2D eigenvalue weighted by Crippen LogP contribution is 2.14. The van der Waals surface area contributed by atoms with Gasteiger partial charge in [0.15, 0.2) is 0 Å². The molecule has 5 amide bonds. The third-order valence-electron chi connectivity index (χ3n) is 8.30. The average Bonchev–Trinajstić information content (AvgIpc) is 3.08. The predicted octanol–water partition coefficient (Wildman–Crippen LogP) is 4.23. The van der Waals surface area contributed by atoms with Gasteiger partial charge in [0, 0.05) is 12.8 Å². The summed E-state index contributed by atoms with van der Waals surface area (Å²) < 4.78 is 10.3. The molecule has 0 saturated heterocycles. The number of methoxy groups -OCH3 is 1. The highest BCUT2D eigenvalue weighted by molar-refractivity contribution is 5.96. The fourth-order valence-electron chi connectivity index (χ4n) is 5.70. The molecule has 0 aliphatic heterocycles. The van der Waals surface area contributed by atoms with Gasteiger partial charge in [-0.15, -0.1) is 0 Å². The average molecular weight is 752 g/mol. The van der Waals surface area contributed by atoms with Crippen LogP contribution in [0.15, 0.2) is 60.7 Å². The summed E-state index contributed by atoms with van der Waals surface area (Å²) in [4.78, 5) is 80.7.